The number of rotatable bonds is 35. The first-order valence-electron chi connectivity index (χ1n) is 24.7. The lowest BCUT2D eigenvalue weighted by molar-refractivity contribution is -0.270. The van der Waals surface area contributed by atoms with Crippen molar-refractivity contribution in [3.05, 3.63) is 0 Å². The topological polar surface area (TPSA) is 352 Å². The molecule has 0 spiro atoms. The Kier molecular flexibility index (Phi) is 29.7. The average Bonchev–Trinajstić information content (AvgIpc) is 3.32. The maximum atomic E-state index is 11.7. The third-order valence-corrected chi connectivity index (χ3v) is 12.2. The second kappa shape index (κ2) is 33.5. The standard InChI is InChI=1S/C46H85N3O21/c1-28(53)47-34-40(59)37(56)31(22-50)68-43(34)65-19-13-7-5-6-10-16-62-25-46(4,26-63-17-11-8-14-20-66-44-35(48-29(2)54)41(60)38(57)32(23-51)69-44)27-64-18-12-9-15-21-67-45-36(49-30(3)55)42(61)39(58)33(24-52)70-45/h31-45,50-52,56-61H,5-27H2,1-4H3,(H,47,53)(H,48,54)(H,49,55)/t31?,32?,33?,34?,35?,36?,37-,38-,39-,40+,41+,42+,43+,44+,45+,46?/m0/s1. The molecule has 3 saturated heterocycles. The van der Waals surface area contributed by atoms with Crippen LogP contribution < -0.4 is 16.0 Å². The van der Waals surface area contributed by atoms with Crippen LogP contribution in [0.25, 0.3) is 0 Å². The number of unbranched alkanes of at least 4 members (excludes halogenated alkanes) is 8. The second-order valence-electron chi connectivity index (χ2n) is 18.8. The van der Waals surface area contributed by atoms with Crippen LogP contribution in [-0.2, 0) is 57.0 Å². The van der Waals surface area contributed by atoms with Crippen molar-refractivity contribution < 1.29 is 103 Å². The van der Waals surface area contributed by atoms with Crippen LogP contribution >= 0.6 is 0 Å². The lowest BCUT2D eigenvalue weighted by Crippen LogP contribution is -2.64. The van der Waals surface area contributed by atoms with E-state index in [1.807, 2.05) is 6.92 Å². The Morgan fingerprint density at radius 1 is 0.414 bits per heavy atom. The zero-order valence-corrected chi connectivity index (χ0v) is 41.3. The molecule has 3 aliphatic rings. The van der Waals surface area contributed by atoms with Crippen LogP contribution in [0.2, 0.25) is 0 Å². The van der Waals surface area contributed by atoms with E-state index in [9.17, 15) is 60.3 Å². The van der Waals surface area contributed by atoms with Gasteiger partial charge < -0.3 is 105 Å². The summed E-state index contributed by atoms with van der Waals surface area (Å²) in [5, 5.41) is 98.5. The highest BCUT2D eigenvalue weighted by Gasteiger charge is 2.47. The van der Waals surface area contributed by atoms with Crippen LogP contribution in [0.5, 0.6) is 0 Å². The molecule has 0 radical (unpaired) electrons. The first kappa shape index (κ1) is 62.0. The van der Waals surface area contributed by atoms with E-state index in [2.05, 4.69) is 16.0 Å². The number of aliphatic hydroxyl groups is 9. The van der Waals surface area contributed by atoms with Crippen LogP contribution in [-0.4, -0.2) is 235 Å². The van der Waals surface area contributed by atoms with Crippen molar-refractivity contribution in [2.75, 3.05) is 79.3 Å². The lowest BCUT2D eigenvalue weighted by Gasteiger charge is -2.42. The summed E-state index contributed by atoms with van der Waals surface area (Å²) >= 11 is 0. The number of carbonyl (C=O) groups is 3. The van der Waals surface area contributed by atoms with E-state index in [0.29, 0.717) is 71.7 Å². The normalized spacial score (nSPS) is 32.3. The highest BCUT2D eigenvalue weighted by molar-refractivity contribution is 5.74. The molecule has 24 nitrogen and oxygen atoms in total. The summed E-state index contributed by atoms with van der Waals surface area (Å²) in [5.41, 5.74) is -0.476. The highest BCUT2D eigenvalue weighted by Crippen LogP contribution is 2.26. The average molecular weight is 1020 g/mol. The molecule has 0 saturated carbocycles. The number of hydrogen-bond acceptors (Lipinski definition) is 21. The van der Waals surface area contributed by atoms with Crippen molar-refractivity contribution >= 4 is 17.7 Å². The van der Waals surface area contributed by atoms with Gasteiger partial charge in [-0.05, 0) is 51.4 Å². The molecule has 3 amide bonds. The summed E-state index contributed by atoms with van der Waals surface area (Å²) in [6.45, 7) is 7.60. The molecule has 70 heavy (non-hydrogen) atoms. The molecule has 0 aromatic heterocycles. The van der Waals surface area contributed by atoms with Crippen LogP contribution in [0.1, 0.15) is 98.3 Å². The van der Waals surface area contributed by atoms with Gasteiger partial charge in [-0.15, -0.1) is 0 Å². The number of amides is 3. The summed E-state index contributed by atoms with van der Waals surface area (Å²) in [7, 11) is 0. The summed E-state index contributed by atoms with van der Waals surface area (Å²) < 4.78 is 52.7. The van der Waals surface area contributed by atoms with E-state index in [1.54, 1.807) is 0 Å². The predicted octanol–water partition coefficient (Wildman–Crippen LogP) is -2.79. The molecule has 410 valence electrons. The van der Waals surface area contributed by atoms with Gasteiger partial charge in [0, 0.05) is 65.8 Å². The van der Waals surface area contributed by atoms with Crippen molar-refractivity contribution in [3.63, 3.8) is 0 Å². The molecule has 0 bridgehead atoms. The van der Waals surface area contributed by atoms with E-state index >= 15 is 0 Å². The van der Waals surface area contributed by atoms with Crippen molar-refractivity contribution in [1.82, 2.24) is 16.0 Å². The van der Waals surface area contributed by atoms with Crippen LogP contribution in [0.15, 0.2) is 0 Å². The largest absolute Gasteiger partial charge is 0.394 e. The molecule has 0 aromatic rings. The van der Waals surface area contributed by atoms with Crippen molar-refractivity contribution in [3.8, 4) is 0 Å². The van der Waals surface area contributed by atoms with E-state index < -0.39 is 135 Å². The quantitative estimate of drug-likeness (QED) is 0.0286. The first-order chi connectivity index (χ1) is 33.5. The molecular weight excluding hydrogens is 931 g/mol. The predicted molar refractivity (Wildman–Crippen MR) is 245 cm³/mol. The summed E-state index contributed by atoms with van der Waals surface area (Å²) in [6, 6.07) is -3.00. The van der Waals surface area contributed by atoms with Gasteiger partial charge in [-0.25, -0.2) is 0 Å². The second-order valence-corrected chi connectivity index (χ2v) is 18.8. The third kappa shape index (κ3) is 21.3. The van der Waals surface area contributed by atoms with Crippen molar-refractivity contribution in [1.29, 1.82) is 0 Å². The number of aliphatic hydroxyl groups excluding tert-OH is 9. The zero-order chi connectivity index (χ0) is 51.6. The fourth-order valence-electron chi connectivity index (χ4n) is 8.32. The Labute approximate surface area is 410 Å². The Bertz CT molecular complexity index is 1390. The van der Waals surface area contributed by atoms with Gasteiger partial charge in [0.1, 0.15) is 73.1 Å². The summed E-state index contributed by atoms with van der Waals surface area (Å²) in [6.07, 6.45) is -6.32. The minimum atomic E-state index is -1.39. The maximum Gasteiger partial charge on any atom is 0.217 e. The Balaban J connectivity index is 1.39. The molecule has 3 aliphatic heterocycles. The Morgan fingerprint density at radius 2 is 0.657 bits per heavy atom. The molecule has 0 aromatic carbocycles. The van der Waals surface area contributed by atoms with Gasteiger partial charge in [0.05, 0.1) is 39.6 Å². The molecule has 6 unspecified atom stereocenters. The summed E-state index contributed by atoms with van der Waals surface area (Å²) in [4.78, 5) is 35.1. The molecule has 3 fully saturated rings. The number of hydrogen-bond donors (Lipinski definition) is 12. The Morgan fingerprint density at radius 3 is 0.914 bits per heavy atom. The van der Waals surface area contributed by atoms with Crippen LogP contribution in [0, 0.1) is 5.41 Å². The van der Waals surface area contributed by atoms with Gasteiger partial charge in [0.25, 0.3) is 0 Å². The maximum absolute atomic E-state index is 11.7. The number of carbonyl (C=O) groups excluding carboxylic acids is 3. The SMILES string of the molecule is CC(=O)NC1[C@H](OCCCCCCCOCC(C)(COCCCCCO[C@@H]2OC(CO)[C@H](O)[C@H](O)C2NC(C)=O)COCCCCCO[C@@H]2OC(CO)[C@H](O)[C@H](O)C2NC(C)=O)OC(CO)[C@H](O)[C@@H]1O. The van der Waals surface area contributed by atoms with Gasteiger partial charge in [-0.2, -0.15) is 0 Å². The minimum Gasteiger partial charge on any atom is -0.394 e. The van der Waals surface area contributed by atoms with Crippen LogP contribution in [0.4, 0.5) is 0 Å². The number of ether oxygens (including phenoxy) is 9. The van der Waals surface area contributed by atoms with Gasteiger partial charge in [-0.1, -0.05) is 26.2 Å². The summed E-state index contributed by atoms with van der Waals surface area (Å²) in [5.74, 6) is -1.28. The first-order valence-corrected chi connectivity index (χ1v) is 24.7. The van der Waals surface area contributed by atoms with E-state index in [0.717, 1.165) is 38.5 Å². The van der Waals surface area contributed by atoms with Gasteiger partial charge >= 0.3 is 0 Å². The molecule has 12 N–H and O–H groups in total. The molecule has 3 rings (SSSR count). The van der Waals surface area contributed by atoms with Gasteiger partial charge in [-0.3, -0.25) is 14.4 Å². The fourth-order valence-corrected chi connectivity index (χ4v) is 8.32. The number of nitrogens with one attached hydrogen (secondary N) is 3. The molecule has 24 heteroatoms. The van der Waals surface area contributed by atoms with Gasteiger partial charge in [0.15, 0.2) is 18.9 Å². The third-order valence-electron chi connectivity index (χ3n) is 12.2. The van der Waals surface area contributed by atoms with Crippen molar-refractivity contribution in [2.45, 2.75) is 190 Å². The van der Waals surface area contributed by atoms with E-state index in [-0.39, 0.29) is 19.8 Å². The molecule has 0 aliphatic carbocycles. The monoisotopic (exact) mass is 1020 g/mol. The minimum absolute atomic E-state index is 0.239. The molecular formula is C46H85N3O21. The van der Waals surface area contributed by atoms with Crippen LogP contribution in [0.3, 0.4) is 0 Å². The van der Waals surface area contributed by atoms with E-state index in [1.165, 1.54) is 20.8 Å². The fraction of sp³-hybridized carbons (Fsp3) is 0.935. The highest BCUT2D eigenvalue weighted by atomic mass is 16.7. The zero-order valence-electron chi connectivity index (χ0n) is 41.3. The Hall–Kier alpha value is -2.31. The smallest absolute Gasteiger partial charge is 0.217 e. The van der Waals surface area contributed by atoms with Gasteiger partial charge in [0.2, 0.25) is 17.7 Å². The molecule has 3 heterocycles. The van der Waals surface area contributed by atoms with Crippen molar-refractivity contribution in [2.24, 2.45) is 5.41 Å². The lowest BCUT2D eigenvalue weighted by atomic mass is 9.94. The molecule has 15 atom stereocenters. The van der Waals surface area contributed by atoms with E-state index in [4.69, 9.17) is 42.6 Å².